The number of aromatic nitrogens is 2. The van der Waals surface area contributed by atoms with E-state index in [1.165, 1.54) is 87.7 Å². The van der Waals surface area contributed by atoms with Gasteiger partial charge in [0.05, 0.1) is 22.1 Å². The lowest BCUT2D eigenvalue weighted by atomic mass is 9.92. The van der Waals surface area contributed by atoms with Crippen LogP contribution in [-0.2, 0) is 0 Å². The number of rotatable bonds is 3. The third-order valence-electron chi connectivity index (χ3n) is 10.6. The predicted octanol–water partition coefficient (Wildman–Crippen LogP) is 12.7. The number of fused-ring (bicyclic) bond motifs is 10. The molecule has 1 aliphatic carbocycles. The average molecular weight is 627 g/mol. The molecule has 0 bridgehead atoms. The van der Waals surface area contributed by atoms with Crippen LogP contribution in [-0.4, -0.2) is 9.13 Å². The summed E-state index contributed by atoms with van der Waals surface area (Å²) >= 11 is 0. The molecule has 0 spiro atoms. The van der Waals surface area contributed by atoms with Crippen LogP contribution in [0, 0.1) is 0 Å². The third-order valence-corrected chi connectivity index (χ3v) is 10.6. The largest absolute Gasteiger partial charge is 0.456 e. The van der Waals surface area contributed by atoms with Crippen LogP contribution in [0.5, 0.6) is 0 Å². The van der Waals surface area contributed by atoms with Crippen LogP contribution < -0.4 is 0 Å². The number of furan rings is 1. The van der Waals surface area contributed by atoms with Gasteiger partial charge in [-0.3, -0.25) is 0 Å². The van der Waals surface area contributed by atoms with Gasteiger partial charge in [-0.25, -0.2) is 0 Å². The van der Waals surface area contributed by atoms with Gasteiger partial charge in [-0.1, -0.05) is 97.1 Å². The molecule has 0 saturated heterocycles. The molecule has 0 atom stereocenters. The first kappa shape index (κ1) is 26.7. The molecule has 10 aromatic rings. The van der Waals surface area contributed by atoms with Gasteiger partial charge in [0.15, 0.2) is 0 Å². The first-order chi connectivity index (χ1) is 24.3. The molecule has 0 unspecified atom stereocenters. The monoisotopic (exact) mass is 626 g/mol. The van der Waals surface area contributed by atoms with Crippen LogP contribution in [0.15, 0.2) is 162 Å². The van der Waals surface area contributed by atoms with Crippen LogP contribution in [0.4, 0.5) is 0 Å². The maximum atomic E-state index is 6.42. The minimum Gasteiger partial charge on any atom is -0.456 e. The van der Waals surface area contributed by atoms with Crippen LogP contribution in [0.1, 0.15) is 18.4 Å². The Kier molecular flexibility index (Phi) is 5.50. The van der Waals surface area contributed by atoms with Crippen LogP contribution in [0.25, 0.3) is 93.3 Å². The van der Waals surface area contributed by atoms with Gasteiger partial charge in [-0.05, 0) is 95.4 Å². The first-order valence-corrected chi connectivity index (χ1v) is 17.1. The molecule has 3 aromatic heterocycles. The Balaban J connectivity index is 1.13. The van der Waals surface area contributed by atoms with Crippen LogP contribution in [0.3, 0.4) is 0 Å². The molecule has 49 heavy (non-hydrogen) atoms. The molecule has 0 N–H and O–H groups in total. The number of allylic oxidation sites excluding steroid dienone is 4. The second-order valence-corrected chi connectivity index (χ2v) is 13.3. The molecule has 3 nitrogen and oxygen atoms in total. The molecule has 0 radical (unpaired) electrons. The molecule has 0 saturated carbocycles. The quantitative estimate of drug-likeness (QED) is 0.191. The Hall–Kier alpha value is -6.32. The van der Waals surface area contributed by atoms with Crippen molar-refractivity contribution in [1.29, 1.82) is 0 Å². The Morgan fingerprint density at radius 3 is 1.86 bits per heavy atom. The van der Waals surface area contributed by atoms with E-state index in [0.717, 1.165) is 24.0 Å². The molecule has 230 valence electrons. The van der Waals surface area contributed by atoms with Gasteiger partial charge in [0.2, 0.25) is 0 Å². The highest BCUT2D eigenvalue weighted by molar-refractivity contribution is 6.20. The van der Waals surface area contributed by atoms with E-state index in [1.807, 2.05) is 0 Å². The van der Waals surface area contributed by atoms with E-state index in [2.05, 4.69) is 167 Å². The van der Waals surface area contributed by atoms with Gasteiger partial charge in [0, 0.05) is 43.7 Å². The number of nitrogens with zero attached hydrogens (tertiary/aromatic N) is 2. The zero-order valence-electron chi connectivity index (χ0n) is 26.7. The highest BCUT2D eigenvalue weighted by Crippen LogP contribution is 2.43. The molecule has 0 amide bonds. The lowest BCUT2D eigenvalue weighted by Crippen LogP contribution is -2.01. The minimum atomic E-state index is 0.939. The molecular weight excluding hydrogens is 597 g/mol. The van der Waals surface area contributed by atoms with Crippen molar-refractivity contribution in [3.63, 3.8) is 0 Å². The minimum absolute atomic E-state index is 0.939. The van der Waals surface area contributed by atoms with Crippen molar-refractivity contribution in [1.82, 2.24) is 9.13 Å². The summed E-state index contributed by atoms with van der Waals surface area (Å²) < 4.78 is 11.3. The number of hydrogen-bond donors (Lipinski definition) is 0. The molecule has 0 fully saturated rings. The van der Waals surface area contributed by atoms with Crippen molar-refractivity contribution >= 4 is 87.6 Å². The summed E-state index contributed by atoms with van der Waals surface area (Å²) in [5, 5.41) is 9.96. The number of para-hydroxylation sites is 3. The summed E-state index contributed by atoms with van der Waals surface area (Å²) in [6.07, 6.45) is 6.58. The second-order valence-electron chi connectivity index (χ2n) is 13.3. The average Bonchev–Trinajstić information content (AvgIpc) is 3.80. The fourth-order valence-corrected chi connectivity index (χ4v) is 8.41. The normalized spacial score (nSPS) is 13.8. The summed E-state index contributed by atoms with van der Waals surface area (Å²) in [6.45, 7) is 0. The van der Waals surface area contributed by atoms with E-state index >= 15 is 0 Å². The summed E-state index contributed by atoms with van der Waals surface area (Å²) in [4.78, 5) is 0. The topological polar surface area (TPSA) is 23.0 Å². The maximum absolute atomic E-state index is 6.42. The first-order valence-electron chi connectivity index (χ1n) is 17.1. The highest BCUT2D eigenvalue weighted by Gasteiger charge is 2.21. The van der Waals surface area contributed by atoms with Crippen molar-refractivity contribution < 1.29 is 4.42 Å². The highest BCUT2D eigenvalue weighted by atomic mass is 16.3. The van der Waals surface area contributed by atoms with E-state index in [-0.39, 0.29) is 0 Å². The van der Waals surface area contributed by atoms with Crippen LogP contribution in [0.2, 0.25) is 0 Å². The van der Waals surface area contributed by atoms with Crippen molar-refractivity contribution in [2.24, 2.45) is 0 Å². The van der Waals surface area contributed by atoms with E-state index in [0.29, 0.717) is 0 Å². The van der Waals surface area contributed by atoms with Crippen molar-refractivity contribution in [3.8, 4) is 5.69 Å². The maximum Gasteiger partial charge on any atom is 0.136 e. The van der Waals surface area contributed by atoms with E-state index in [4.69, 9.17) is 4.42 Å². The summed E-state index contributed by atoms with van der Waals surface area (Å²) in [6, 6.07) is 52.7. The van der Waals surface area contributed by atoms with Crippen molar-refractivity contribution in [2.45, 2.75) is 12.8 Å². The smallest absolute Gasteiger partial charge is 0.136 e. The number of benzene rings is 7. The molecule has 7 aromatic carbocycles. The third kappa shape index (κ3) is 3.84. The standard InChI is InChI=1S/C46H30N2O/c1-2-13-32(14-3-1)47-40-18-8-6-15-35(40)37-27-38-36-16-7-9-19-41(36)48(43(38)28-42(37)47)33-23-21-29(22-24-33)34-17-10-20-44-46(34)39-25-30-11-4-5-12-31(30)26-45(39)49-44/h1-21,23,25-28H,22,24H2. The zero-order chi connectivity index (χ0) is 32.1. The Morgan fingerprint density at radius 1 is 0.429 bits per heavy atom. The van der Waals surface area contributed by atoms with Gasteiger partial charge in [-0.2, -0.15) is 0 Å². The molecule has 3 heterocycles. The predicted molar refractivity (Wildman–Crippen MR) is 206 cm³/mol. The second kappa shape index (κ2) is 10.1. The van der Waals surface area contributed by atoms with Crippen molar-refractivity contribution in [2.75, 3.05) is 0 Å². The van der Waals surface area contributed by atoms with E-state index in [1.54, 1.807) is 0 Å². The van der Waals surface area contributed by atoms with Gasteiger partial charge < -0.3 is 13.6 Å². The van der Waals surface area contributed by atoms with E-state index < -0.39 is 0 Å². The van der Waals surface area contributed by atoms with Gasteiger partial charge in [0.1, 0.15) is 11.2 Å². The fraction of sp³-hybridized carbons (Fsp3) is 0.0435. The molecule has 1 aliphatic rings. The lowest BCUT2D eigenvalue weighted by Gasteiger charge is -2.19. The molecule has 11 rings (SSSR count). The Bertz CT molecular complexity index is 3040. The van der Waals surface area contributed by atoms with Gasteiger partial charge in [-0.15, -0.1) is 0 Å². The van der Waals surface area contributed by atoms with Crippen molar-refractivity contribution in [3.05, 3.63) is 163 Å². The molecule has 3 heteroatoms. The summed E-state index contributed by atoms with van der Waals surface area (Å²) in [5.41, 5.74) is 11.9. The van der Waals surface area contributed by atoms with E-state index in [9.17, 15) is 0 Å². The van der Waals surface area contributed by atoms with Gasteiger partial charge >= 0.3 is 0 Å². The Morgan fingerprint density at radius 2 is 1.10 bits per heavy atom. The van der Waals surface area contributed by atoms with Gasteiger partial charge in [0.25, 0.3) is 0 Å². The summed E-state index contributed by atoms with van der Waals surface area (Å²) in [5.74, 6) is 0. The Labute approximate surface area is 282 Å². The lowest BCUT2D eigenvalue weighted by molar-refractivity contribution is 0.669. The zero-order valence-corrected chi connectivity index (χ0v) is 26.7. The van der Waals surface area contributed by atoms with Crippen LogP contribution >= 0.6 is 0 Å². The molecule has 0 aliphatic heterocycles. The number of hydrogen-bond acceptors (Lipinski definition) is 1. The summed E-state index contributed by atoms with van der Waals surface area (Å²) in [7, 11) is 0. The SMILES string of the molecule is C1=C(c2cccc3oc4cc5ccccc5cc4c23)CCC(n2c3ccccc3c3cc4c5ccccc5n(-c5ccccc5)c4cc32)=C1. The fourth-order valence-electron chi connectivity index (χ4n) is 8.41. The molecular formula is C46H30N2O.